The molecule has 0 bridgehead atoms. The molecular formula is C13H17BrN2O2. The van der Waals surface area contributed by atoms with Gasteiger partial charge >= 0.3 is 0 Å². The molecule has 98 valence electrons. The fraction of sp³-hybridized carbons (Fsp3) is 0.538. The third-order valence-corrected chi connectivity index (χ3v) is 3.53. The summed E-state index contributed by atoms with van der Waals surface area (Å²) in [4.78, 5) is 18.5. The van der Waals surface area contributed by atoms with Gasteiger partial charge in [-0.15, -0.1) is 0 Å². The maximum Gasteiger partial charge on any atom is 0.167 e. The first-order chi connectivity index (χ1) is 8.69. The van der Waals surface area contributed by atoms with Gasteiger partial charge in [0.1, 0.15) is 6.10 Å². The molecule has 1 aliphatic rings. The van der Waals surface area contributed by atoms with Gasteiger partial charge in [0.05, 0.1) is 6.61 Å². The molecule has 0 N–H and O–H groups in total. The zero-order valence-electron chi connectivity index (χ0n) is 10.4. The molecule has 0 amide bonds. The molecule has 1 aromatic heterocycles. The van der Waals surface area contributed by atoms with Crippen molar-refractivity contribution in [3.8, 4) is 0 Å². The van der Waals surface area contributed by atoms with Crippen molar-refractivity contribution >= 4 is 21.7 Å². The number of ether oxygens (including phenoxy) is 1. The molecule has 4 nitrogen and oxygen atoms in total. The van der Waals surface area contributed by atoms with Gasteiger partial charge in [-0.05, 0) is 34.1 Å². The zero-order chi connectivity index (χ0) is 13.0. The Kier molecular flexibility index (Phi) is 4.86. The molecule has 2 rings (SSSR count). The van der Waals surface area contributed by atoms with Crippen molar-refractivity contribution in [2.24, 2.45) is 0 Å². The second-order valence-electron chi connectivity index (χ2n) is 4.41. The summed E-state index contributed by atoms with van der Waals surface area (Å²) < 4.78 is 6.45. The molecule has 1 atom stereocenters. The average Bonchev–Trinajstić information content (AvgIpc) is 2.39. The Labute approximate surface area is 115 Å². The van der Waals surface area contributed by atoms with Gasteiger partial charge in [-0.25, -0.2) is 0 Å². The SMILES string of the molecule is CCN1CCOC(C(=O)Cc2cncc(Br)c2)C1. The van der Waals surface area contributed by atoms with Crippen molar-refractivity contribution in [2.75, 3.05) is 26.2 Å². The molecular weight excluding hydrogens is 296 g/mol. The van der Waals surface area contributed by atoms with Crippen LogP contribution in [0.4, 0.5) is 0 Å². The lowest BCUT2D eigenvalue weighted by Gasteiger charge is -2.31. The first-order valence-electron chi connectivity index (χ1n) is 6.15. The van der Waals surface area contributed by atoms with E-state index in [1.807, 2.05) is 6.07 Å². The van der Waals surface area contributed by atoms with Crippen molar-refractivity contribution < 1.29 is 9.53 Å². The van der Waals surface area contributed by atoms with Crippen LogP contribution in [0.5, 0.6) is 0 Å². The monoisotopic (exact) mass is 312 g/mol. The fourth-order valence-electron chi connectivity index (χ4n) is 2.05. The maximum atomic E-state index is 12.1. The first-order valence-corrected chi connectivity index (χ1v) is 6.94. The number of likely N-dealkylation sites (N-methyl/N-ethyl adjacent to an activating group) is 1. The molecule has 0 aromatic carbocycles. The highest BCUT2D eigenvalue weighted by molar-refractivity contribution is 9.10. The highest BCUT2D eigenvalue weighted by atomic mass is 79.9. The molecule has 1 unspecified atom stereocenters. The van der Waals surface area contributed by atoms with E-state index >= 15 is 0 Å². The number of nitrogens with zero attached hydrogens (tertiary/aromatic N) is 2. The molecule has 1 fully saturated rings. The normalized spacial score (nSPS) is 20.9. The Bertz CT molecular complexity index is 425. The minimum atomic E-state index is -0.294. The molecule has 0 radical (unpaired) electrons. The minimum Gasteiger partial charge on any atom is -0.368 e. The lowest BCUT2D eigenvalue weighted by atomic mass is 10.1. The molecule has 1 saturated heterocycles. The predicted octanol–water partition coefficient (Wildman–Crippen LogP) is 1.68. The number of aromatic nitrogens is 1. The van der Waals surface area contributed by atoms with E-state index in [1.54, 1.807) is 12.4 Å². The molecule has 2 heterocycles. The maximum absolute atomic E-state index is 12.1. The summed E-state index contributed by atoms with van der Waals surface area (Å²) in [6.45, 7) is 5.33. The molecule has 0 aliphatic carbocycles. The second kappa shape index (κ2) is 6.41. The number of carbonyl (C=O) groups is 1. The molecule has 0 saturated carbocycles. The number of rotatable bonds is 4. The summed E-state index contributed by atoms with van der Waals surface area (Å²) in [6.07, 6.45) is 3.53. The Morgan fingerprint density at radius 2 is 2.44 bits per heavy atom. The van der Waals surface area contributed by atoms with Crippen molar-refractivity contribution in [1.29, 1.82) is 0 Å². The summed E-state index contributed by atoms with van der Waals surface area (Å²) in [5.74, 6) is 0.132. The van der Waals surface area contributed by atoms with E-state index in [0.29, 0.717) is 19.6 Å². The Morgan fingerprint density at radius 3 is 3.17 bits per heavy atom. The van der Waals surface area contributed by atoms with Gasteiger partial charge in [-0.1, -0.05) is 6.92 Å². The molecule has 0 spiro atoms. The van der Waals surface area contributed by atoms with Crippen molar-refractivity contribution in [3.63, 3.8) is 0 Å². The minimum absolute atomic E-state index is 0.132. The van der Waals surface area contributed by atoms with E-state index < -0.39 is 0 Å². The zero-order valence-corrected chi connectivity index (χ0v) is 12.0. The fourth-order valence-corrected chi connectivity index (χ4v) is 2.46. The number of carbonyl (C=O) groups excluding carboxylic acids is 1. The number of pyridine rings is 1. The highest BCUT2D eigenvalue weighted by Crippen LogP contribution is 2.13. The van der Waals surface area contributed by atoms with Gasteiger partial charge in [0.2, 0.25) is 0 Å². The van der Waals surface area contributed by atoms with Gasteiger partial charge in [-0.3, -0.25) is 14.7 Å². The number of halogens is 1. The van der Waals surface area contributed by atoms with Crippen molar-refractivity contribution in [3.05, 3.63) is 28.5 Å². The molecule has 18 heavy (non-hydrogen) atoms. The van der Waals surface area contributed by atoms with E-state index in [2.05, 4.69) is 32.7 Å². The van der Waals surface area contributed by atoms with Crippen LogP contribution < -0.4 is 0 Å². The van der Waals surface area contributed by atoms with Crippen LogP contribution in [0.25, 0.3) is 0 Å². The van der Waals surface area contributed by atoms with Crippen molar-refractivity contribution in [2.45, 2.75) is 19.4 Å². The summed E-state index contributed by atoms with van der Waals surface area (Å²) in [6, 6.07) is 1.92. The van der Waals surface area contributed by atoms with E-state index in [9.17, 15) is 4.79 Å². The first kappa shape index (κ1) is 13.6. The largest absolute Gasteiger partial charge is 0.368 e. The second-order valence-corrected chi connectivity index (χ2v) is 5.32. The summed E-state index contributed by atoms with van der Waals surface area (Å²) >= 11 is 3.36. The molecule has 1 aliphatic heterocycles. The van der Waals surface area contributed by atoms with Crippen LogP contribution in [0.15, 0.2) is 22.9 Å². The third-order valence-electron chi connectivity index (χ3n) is 3.10. The van der Waals surface area contributed by atoms with Gasteiger partial charge in [0.25, 0.3) is 0 Å². The van der Waals surface area contributed by atoms with Crippen LogP contribution in [-0.4, -0.2) is 48.0 Å². The summed E-state index contributed by atoms with van der Waals surface area (Å²) in [7, 11) is 0. The average molecular weight is 313 g/mol. The van der Waals surface area contributed by atoms with Crippen LogP contribution in [0, 0.1) is 0 Å². The van der Waals surface area contributed by atoms with Gasteiger partial charge in [0, 0.05) is 36.4 Å². The van der Waals surface area contributed by atoms with Crippen LogP contribution in [-0.2, 0) is 16.0 Å². The Balaban J connectivity index is 1.95. The number of hydrogen-bond donors (Lipinski definition) is 0. The van der Waals surface area contributed by atoms with E-state index in [4.69, 9.17) is 4.74 Å². The summed E-state index contributed by atoms with van der Waals surface area (Å²) in [5.41, 5.74) is 0.923. The standard InChI is InChI=1S/C13H17BrN2O2/c1-2-16-3-4-18-13(9-16)12(17)6-10-5-11(14)8-15-7-10/h5,7-8,13H,2-4,6,9H2,1H3. The van der Waals surface area contributed by atoms with Crippen LogP contribution in [0.1, 0.15) is 12.5 Å². The lowest BCUT2D eigenvalue weighted by molar-refractivity contribution is -0.135. The van der Waals surface area contributed by atoms with E-state index in [0.717, 1.165) is 23.1 Å². The van der Waals surface area contributed by atoms with Crippen LogP contribution in [0.3, 0.4) is 0 Å². The molecule has 5 heteroatoms. The molecule has 1 aromatic rings. The summed E-state index contributed by atoms with van der Waals surface area (Å²) in [5, 5.41) is 0. The van der Waals surface area contributed by atoms with E-state index in [1.165, 1.54) is 0 Å². The Morgan fingerprint density at radius 1 is 1.61 bits per heavy atom. The third kappa shape index (κ3) is 3.60. The van der Waals surface area contributed by atoms with Crippen LogP contribution >= 0.6 is 15.9 Å². The topological polar surface area (TPSA) is 42.4 Å². The smallest absolute Gasteiger partial charge is 0.167 e. The lowest BCUT2D eigenvalue weighted by Crippen LogP contribution is -2.46. The number of hydrogen-bond acceptors (Lipinski definition) is 4. The van der Waals surface area contributed by atoms with Gasteiger partial charge < -0.3 is 4.74 Å². The number of morpholine rings is 1. The number of ketones is 1. The predicted molar refractivity (Wildman–Crippen MR) is 72.5 cm³/mol. The van der Waals surface area contributed by atoms with Gasteiger partial charge in [-0.2, -0.15) is 0 Å². The highest BCUT2D eigenvalue weighted by Gasteiger charge is 2.25. The number of Topliss-reactive ketones (excluding diaryl/α,β-unsaturated/α-hetero) is 1. The van der Waals surface area contributed by atoms with Crippen molar-refractivity contribution in [1.82, 2.24) is 9.88 Å². The van der Waals surface area contributed by atoms with Gasteiger partial charge in [0.15, 0.2) is 5.78 Å². The van der Waals surface area contributed by atoms with E-state index in [-0.39, 0.29) is 11.9 Å². The van der Waals surface area contributed by atoms with Crippen LogP contribution in [0.2, 0.25) is 0 Å². The quantitative estimate of drug-likeness (QED) is 0.848. The Hall–Kier alpha value is -0.780.